The highest BCUT2D eigenvalue weighted by molar-refractivity contribution is 6.31. The summed E-state index contributed by atoms with van der Waals surface area (Å²) < 4.78 is 1.96. The van der Waals surface area contributed by atoms with Crippen LogP contribution in [0, 0.1) is 0 Å². The fourth-order valence-corrected chi connectivity index (χ4v) is 3.86. The van der Waals surface area contributed by atoms with Crippen molar-refractivity contribution in [3.05, 3.63) is 65.1 Å². The van der Waals surface area contributed by atoms with Crippen LogP contribution in [0.25, 0.3) is 10.9 Å². The van der Waals surface area contributed by atoms with Crippen molar-refractivity contribution < 1.29 is 4.79 Å². The van der Waals surface area contributed by atoms with E-state index in [0.29, 0.717) is 16.6 Å². The molecule has 0 radical (unpaired) electrons. The molecule has 3 heterocycles. The lowest BCUT2D eigenvalue weighted by Gasteiger charge is -2.31. The number of rotatable bonds is 2. The van der Waals surface area contributed by atoms with Gasteiger partial charge in [-0.25, -0.2) is 0 Å². The molecule has 128 valence electrons. The smallest absolute Gasteiger partial charge is 0.270 e. The van der Waals surface area contributed by atoms with Crippen LogP contribution in [0.2, 0.25) is 5.02 Å². The monoisotopic (exact) mass is 353 g/mol. The van der Waals surface area contributed by atoms with Gasteiger partial charge in [-0.2, -0.15) is 0 Å². The van der Waals surface area contributed by atoms with Crippen molar-refractivity contribution in [3.8, 4) is 0 Å². The van der Waals surface area contributed by atoms with Gasteiger partial charge < -0.3 is 9.47 Å². The van der Waals surface area contributed by atoms with E-state index in [1.165, 1.54) is 0 Å². The van der Waals surface area contributed by atoms with E-state index in [2.05, 4.69) is 11.1 Å². The highest BCUT2D eigenvalue weighted by Crippen LogP contribution is 2.28. The molecule has 2 aromatic heterocycles. The zero-order chi connectivity index (χ0) is 17.4. The Hall–Kier alpha value is -2.33. The number of amides is 1. The molecule has 0 atom stereocenters. The molecule has 25 heavy (non-hydrogen) atoms. The minimum Gasteiger partial charge on any atom is -0.340 e. The first-order valence-electron chi connectivity index (χ1n) is 8.58. The van der Waals surface area contributed by atoms with Crippen molar-refractivity contribution in [2.75, 3.05) is 13.1 Å². The molecule has 0 bridgehead atoms. The van der Waals surface area contributed by atoms with Crippen LogP contribution in [0.3, 0.4) is 0 Å². The number of nitrogens with zero attached hydrogens (tertiary/aromatic N) is 3. The van der Waals surface area contributed by atoms with Crippen LogP contribution in [0.5, 0.6) is 0 Å². The minimum atomic E-state index is 0.0919. The summed E-state index contributed by atoms with van der Waals surface area (Å²) in [5.41, 5.74) is 2.87. The number of hydrogen-bond acceptors (Lipinski definition) is 2. The molecule has 1 aliphatic rings. The van der Waals surface area contributed by atoms with E-state index in [9.17, 15) is 4.79 Å². The summed E-state index contributed by atoms with van der Waals surface area (Å²) in [7, 11) is 1.93. The maximum Gasteiger partial charge on any atom is 0.270 e. The molecule has 1 fully saturated rings. The number of carbonyl (C=O) groups is 1. The summed E-state index contributed by atoms with van der Waals surface area (Å²) in [4.78, 5) is 19.4. The number of fused-ring (bicyclic) bond motifs is 1. The molecule has 4 rings (SSSR count). The molecule has 0 N–H and O–H groups in total. The van der Waals surface area contributed by atoms with E-state index in [-0.39, 0.29) is 5.91 Å². The molecule has 0 spiro atoms. The van der Waals surface area contributed by atoms with Crippen LogP contribution >= 0.6 is 11.6 Å². The van der Waals surface area contributed by atoms with Crippen molar-refractivity contribution in [2.45, 2.75) is 18.8 Å². The van der Waals surface area contributed by atoms with Gasteiger partial charge in [-0.15, -0.1) is 0 Å². The lowest BCUT2D eigenvalue weighted by molar-refractivity contribution is 0.0703. The summed E-state index contributed by atoms with van der Waals surface area (Å²) in [6.07, 6.45) is 3.75. The normalized spacial score (nSPS) is 15.7. The molecule has 3 aromatic rings. The van der Waals surface area contributed by atoms with Crippen LogP contribution in [-0.4, -0.2) is 33.4 Å². The topological polar surface area (TPSA) is 38.1 Å². The molecular formula is C20H20ClN3O. The number of hydrogen-bond donors (Lipinski definition) is 0. The maximum absolute atomic E-state index is 13.0. The average Bonchev–Trinajstić information content (AvgIpc) is 2.98. The van der Waals surface area contributed by atoms with Gasteiger partial charge in [-0.05, 0) is 49.2 Å². The second-order valence-corrected chi connectivity index (χ2v) is 7.05. The van der Waals surface area contributed by atoms with E-state index in [4.69, 9.17) is 11.6 Å². The van der Waals surface area contributed by atoms with Gasteiger partial charge in [0.05, 0.1) is 0 Å². The quantitative estimate of drug-likeness (QED) is 0.691. The van der Waals surface area contributed by atoms with E-state index in [1.807, 2.05) is 59.1 Å². The number of pyridine rings is 1. The first-order chi connectivity index (χ1) is 12.1. The van der Waals surface area contributed by atoms with Crippen LogP contribution in [0.15, 0.2) is 48.7 Å². The van der Waals surface area contributed by atoms with Gasteiger partial charge in [-0.3, -0.25) is 9.78 Å². The standard InChI is InChI=1S/C20H20ClN3O/c1-23-18-6-5-16(21)12-15(18)13-19(23)20(25)24-10-7-14(8-11-24)17-4-2-3-9-22-17/h2-6,9,12-14H,7-8,10-11H2,1H3. The average molecular weight is 354 g/mol. The second-order valence-electron chi connectivity index (χ2n) is 6.61. The first kappa shape index (κ1) is 16.2. The Balaban J connectivity index is 1.52. The summed E-state index contributed by atoms with van der Waals surface area (Å²) in [5.74, 6) is 0.533. The SMILES string of the molecule is Cn1c(C(=O)N2CCC(c3ccccn3)CC2)cc2cc(Cl)ccc21. The maximum atomic E-state index is 13.0. The summed E-state index contributed by atoms with van der Waals surface area (Å²) in [6, 6.07) is 13.7. The number of carbonyl (C=O) groups excluding carboxylic acids is 1. The number of halogens is 1. The second kappa shape index (κ2) is 6.52. The molecule has 1 aromatic carbocycles. The van der Waals surface area contributed by atoms with Crippen LogP contribution < -0.4 is 0 Å². The largest absolute Gasteiger partial charge is 0.340 e. The third-order valence-corrected chi connectivity index (χ3v) is 5.35. The molecule has 0 unspecified atom stereocenters. The molecule has 0 saturated carbocycles. The van der Waals surface area contributed by atoms with Crippen LogP contribution in [0.4, 0.5) is 0 Å². The number of aromatic nitrogens is 2. The number of aryl methyl sites for hydroxylation is 1. The van der Waals surface area contributed by atoms with Gasteiger partial charge in [0.2, 0.25) is 0 Å². The molecule has 0 aliphatic carbocycles. The summed E-state index contributed by atoms with van der Waals surface area (Å²) in [5, 5.41) is 1.69. The van der Waals surface area contributed by atoms with Gasteiger partial charge in [-0.1, -0.05) is 17.7 Å². The highest BCUT2D eigenvalue weighted by Gasteiger charge is 2.26. The number of benzene rings is 1. The molecule has 1 saturated heterocycles. The van der Waals surface area contributed by atoms with Crippen LogP contribution in [0.1, 0.15) is 34.9 Å². The summed E-state index contributed by atoms with van der Waals surface area (Å²) >= 11 is 6.07. The van der Waals surface area contributed by atoms with Crippen molar-refractivity contribution in [2.24, 2.45) is 7.05 Å². The molecular weight excluding hydrogens is 334 g/mol. The van der Waals surface area contributed by atoms with Crippen LogP contribution in [-0.2, 0) is 7.05 Å². The van der Waals surface area contributed by atoms with Crippen molar-refractivity contribution in [3.63, 3.8) is 0 Å². The fourth-order valence-electron chi connectivity index (χ4n) is 3.68. The zero-order valence-corrected chi connectivity index (χ0v) is 14.9. The van der Waals surface area contributed by atoms with Gasteiger partial charge >= 0.3 is 0 Å². The Labute approximate surface area is 152 Å². The molecule has 1 aliphatic heterocycles. The first-order valence-corrected chi connectivity index (χ1v) is 8.96. The molecule has 5 heteroatoms. The Morgan fingerprint density at radius 3 is 2.68 bits per heavy atom. The Morgan fingerprint density at radius 1 is 1.16 bits per heavy atom. The summed E-state index contributed by atoms with van der Waals surface area (Å²) in [6.45, 7) is 1.53. The lowest BCUT2D eigenvalue weighted by atomic mass is 9.93. The van der Waals surface area contributed by atoms with E-state index in [1.54, 1.807) is 0 Å². The van der Waals surface area contributed by atoms with Crippen molar-refractivity contribution in [1.82, 2.24) is 14.5 Å². The predicted octanol–water partition coefficient (Wildman–Crippen LogP) is 4.25. The predicted molar refractivity (Wildman–Crippen MR) is 100 cm³/mol. The zero-order valence-electron chi connectivity index (χ0n) is 14.2. The fraction of sp³-hybridized carbons (Fsp3) is 0.300. The van der Waals surface area contributed by atoms with Gasteiger partial charge in [0.15, 0.2) is 0 Å². The third kappa shape index (κ3) is 3.02. The lowest BCUT2D eigenvalue weighted by Crippen LogP contribution is -2.38. The van der Waals surface area contributed by atoms with E-state index < -0.39 is 0 Å². The highest BCUT2D eigenvalue weighted by atomic mass is 35.5. The van der Waals surface area contributed by atoms with Gasteiger partial charge in [0, 0.05) is 53.9 Å². The third-order valence-electron chi connectivity index (χ3n) is 5.11. The van der Waals surface area contributed by atoms with Gasteiger partial charge in [0.1, 0.15) is 5.69 Å². The van der Waals surface area contributed by atoms with Gasteiger partial charge in [0.25, 0.3) is 5.91 Å². The molecule has 1 amide bonds. The van der Waals surface area contributed by atoms with E-state index in [0.717, 1.165) is 42.5 Å². The minimum absolute atomic E-state index is 0.0919. The molecule has 4 nitrogen and oxygen atoms in total. The van der Waals surface area contributed by atoms with Crippen molar-refractivity contribution >= 4 is 28.4 Å². The number of piperidine rings is 1. The Kier molecular flexibility index (Phi) is 4.22. The Bertz CT molecular complexity index is 911. The Morgan fingerprint density at radius 2 is 1.96 bits per heavy atom. The number of likely N-dealkylation sites (tertiary alicyclic amines) is 1. The van der Waals surface area contributed by atoms with Crippen molar-refractivity contribution in [1.29, 1.82) is 0 Å². The van der Waals surface area contributed by atoms with E-state index >= 15 is 0 Å².